The second-order valence-electron chi connectivity index (χ2n) is 8.54. The normalized spacial score (nSPS) is 11.9. The first kappa shape index (κ1) is 31.7. The van der Waals surface area contributed by atoms with Crippen LogP contribution in [0, 0.1) is 0 Å². The molecule has 0 N–H and O–H groups in total. The fourth-order valence-electron chi connectivity index (χ4n) is 3.21. The molecule has 0 aliphatic rings. The lowest BCUT2D eigenvalue weighted by Gasteiger charge is -2.19. The number of ether oxygens (including phenoxy) is 4. The van der Waals surface area contributed by atoms with Crippen molar-refractivity contribution in [1.82, 2.24) is 0 Å². The van der Waals surface area contributed by atoms with Crippen LogP contribution in [0.1, 0.15) is 54.4 Å². The summed E-state index contributed by atoms with van der Waals surface area (Å²) in [7, 11) is 1.66. The van der Waals surface area contributed by atoms with Crippen molar-refractivity contribution in [2.24, 2.45) is 0 Å². The van der Waals surface area contributed by atoms with Gasteiger partial charge in [-0.25, -0.2) is 9.59 Å². The molecule has 0 unspecified atom stereocenters. The summed E-state index contributed by atoms with van der Waals surface area (Å²) in [5.74, 6) is -5.42. The maximum atomic E-state index is 12.9. The lowest BCUT2D eigenvalue weighted by molar-refractivity contribution is -0.284. The molecule has 0 aromatic heterocycles. The highest BCUT2D eigenvalue weighted by Crippen LogP contribution is 2.38. The van der Waals surface area contributed by atoms with Gasteiger partial charge in [0.2, 0.25) is 0 Å². The number of alkyl halides is 5. The van der Waals surface area contributed by atoms with Gasteiger partial charge in [-0.15, -0.1) is 0 Å². The second kappa shape index (κ2) is 15.8. The summed E-state index contributed by atoms with van der Waals surface area (Å²) in [4.78, 5) is 24.2. The Kier molecular flexibility index (Phi) is 12.9. The predicted octanol–water partition coefficient (Wildman–Crippen LogP) is 7.03. The summed E-state index contributed by atoms with van der Waals surface area (Å²) in [6.45, 7) is 0.724. The number of esters is 2. The minimum atomic E-state index is -5.59. The van der Waals surface area contributed by atoms with Gasteiger partial charge < -0.3 is 18.9 Å². The maximum Gasteiger partial charge on any atom is 0.453 e. The fraction of sp³-hybridized carbons (Fsp3) is 0.429. The van der Waals surface area contributed by atoms with E-state index < -0.39 is 36.9 Å². The van der Waals surface area contributed by atoms with E-state index in [0.29, 0.717) is 12.2 Å². The number of hydrogen-bond acceptors (Lipinski definition) is 6. The van der Waals surface area contributed by atoms with Gasteiger partial charge in [-0.2, -0.15) is 22.0 Å². The Morgan fingerprint density at radius 3 is 2.00 bits per heavy atom. The maximum absolute atomic E-state index is 12.9. The van der Waals surface area contributed by atoms with Crippen LogP contribution >= 0.6 is 0 Å². The Hall–Kier alpha value is -3.47. The van der Waals surface area contributed by atoms with Crippen LogP contribution in [0.2, 0.25) is 0 Å². The summed E-state index contributed by atoms with van der Waals surface area (Å²) >= 11 is 0. The zero-order valence-corrected chi connectivity index (χ0v) is 21.5. The van der Waals surface area contributed by atoms with E-state index in [1.807, 2.05) is 0 Å². The smallest absolute Gasteiger partial charge is 0.453 e. The number of methoxy groups -OCH3 is 1. The molecule has 0 saturated carbocycles. The molecule has 0 atom stereocenters. The highest BCUT2D eigenvalue weighted by molar-refractivity contribution is 5.91. The Balaban J connectivity index is 1.73. The molecule has 6 nitrogen and oxygen atoms in total. The third-order valence-electron chi connectivity index (χ3n) is 5.40. The van der Waals surface area contributed by atoms with Gasteiger partial charge in [0.15, 0.2) is 0 Å². The molecule has 0 amide bonds. The second-order valence-corrected chi connectivity index (χ2v) is 8.54. The van der Waals surface area contributed by atoms with E-state index in [-0.39, 0.29) is 23.7 Å². The van der Waals surface area contributed by atoms with Crippen molar-refractivity contribution in [3.63, 3.8) is 0 Å². The van der Waals surface area contributed by atoms with Gasteiger partial charge >= 0.3 is 24.0 Å². The number of carbonyl (C=O) groups is 2. The lowest BCUT2D eigenvalue weighted by Crippen LogP contribution is -2.36. The van der Waals surface area contributed by atoms with Crippen LogP contribution in [0.3, 0.4) is 0 Å². The van der Waals surface area contributed by atoms with E-state index in [2.05, 4.69) is 0 Å². The van der Waals surface area contributed by atoms with Crippen molar-refractivity contribution in [2.45, 2.75) is 50.6 Å². The number of hydrogen-bond donors (Lipinski definition) is 0. The number of carbonyl (C=O) groups excluding carboxylic acids is 2. The van der Waals surface area contributed by atoms with E-state index in [9.17, 15) is 31.5 Å². The highest BCUT2D eigenvalue weighted by atomic mass is 19.4. The van der Waals surface area contributed by atoms with Crippen LogP contribution in [0.15, 0.2) is 54.6 Å². The summed E-state index contributed by atoms with van der Waals surface area (Å²) < 4.78 is 82.9. The minimum absolute atomic E-state index is 0.177. The zero-order chi connectivity index (χ0) is 28.7. The average Bonchev–Trinajstić information content (AvgIpc) is 2.90. The van der Waals surface area contributed by atoms with Gasteiger partial charge in [0.1, 0.15) is 11.5 Å². The quantitative estimate of drug-likeness (QED) is 0.0725. The highest BCUT2D eigenvalue weighted by Gasteiger charge is 2.56. The van der Waals surface area contributed by atoms with Crippen molar-refractivity contribution in [3.8, 4) is 11.5 Å². The zero-order valence-electron chi connectivity index (χ0n) is 21.5. The Morgan fingerprint density at radius 2 is 1.38 bits per heavy atom. The molecular formula is C28H31F5O6. The van der Waals surface area contributed by atoms with E-state index in [0.717, 1.165) is 32.3 Å². The summed E-state index contributed by atoms with van der Waals surface area (Å²) in [5.41, 5.74) is 0.872. The first-order valence-electron chi connectivity index (χ1n) is 12.4. The molecule has 0 bridgehead atoms. The van der Waals surface area contributed by atoms with Crippen LogP contribution in [0.25, 0.3) is 6.08 Å². The third-order valence-corrected chi connectivity index (χ3v) is 5.40. The first-order chi connectivity index (χ1) is 18.5. The van der Waals surface area contributed by atoms with Gasteiger partial charge in [0.05, 0.1) is 18.8 Å². The van der Waals surface area contributed by atoms with Gasteiger partial charge in [0.25, 0.3) is 0 Å². The van der Waals surface area contributed by atoms with Gasteiger partial charge in [-0.3, -0.25) is 0 Å². The molecular weight excluding hydrogens is 527 g/mol. The average molecular weight is 559 g/mol. The van der Waals surface area contributed by atoms with Crippen LogP contribution in [-0.2, 0) is 14.3 Å². The minimum Gasteiger partial charge on any atom is -0.494 e. The molecule has 0 radical (unpaired) electrons. The first-order valence-corrected chi connectivity index (χ1v) is 12.4. The molecule has 0 aliphatic carbocycles. The molecule has 214 valence electrons. The van der Waals surface area contributed by atoms with Crippen molar-refractivity contribution in [2.75, 3.05) is 26.9 Å². The van der Waals surface area contributed by atoms with Crippen LogP contribution in [0.5, 0.6) is 11.5 Å². The van der Waals surface area contributed by atoms with Crippen LogP contribution in [0.4, 0.5) is 22.0 Å². The van der Waals surface area contributed by atoms with E-state index >= 15 is 0 Å². The largest absolute Gasteiger partial charge is 0.494 e. The number of halogens is 5. The van der Waals surface area contributed by atoms with Gasteiger partial charge in [-0.1, -0.05) is 18.6 Å². The van der Waals surface area contributed by atoms with Crippen molar-refractivity contribution in [1.29, 1.82) is 0 Å². The van der Waals surface area contributed by atoms with Crippen molar-refractivity contribution in [3.05, 3.63) is 65.7 Å². The molecule has 0 aliphatic heterocycles. The van der Waals surface area contributed by atoms with Gasteiger partial charge in [0, 0.05) is 26.2 Å². The van der Waals surface area contributed by atoms with Gasteiger partial charge in [-0.05, 0) is 73.7 Å². The third kappa shape index (κ3) is 11.8. The predicted molar refractivity (Wildman–Crippen MR) is 134 cm³/mol. The van der Waals surface area contributed by atoms with Crippen molar-refractivity contribution >= 4 is 18.0 Å². The van der Waals surface area contributed by atoms with E-state index in [1.165, 1.54) is 30.3 Å². The number of benzene rings is 2. The number of rotatable bonds is 16. The molecule has 2 aromatic rings. The molecule has 39 heavy (non-hydrogen) atoms. The monoisotopic (exact) mass is 558 g/mol. The Labute approximate surface area is 223 Å². The van der Waals surface area contributed by atoms with E-state index in [4.69, 9.17) is 18.9 Å². The molecule has 11 heteroatoms. The molecule has 0 saturated heterocycles. The number of unbranched alkanes of at least 4 members (excludes halogenated alkanes) is 3. The SMILES string of the molecule is COCCCCCCOC(=O)/C=C/c1ccc(OC(=O)c2ccc(OCCCC(F)(F)C(F)(F)F)cc2)cc1. The fourth-order valence-corrected chi connectivity index (χ4v) is 3.21. The standard InChI is InChI=1S/C28H31F5O6/c1-36-18-4-2-3-5-19-38-25(34)16-9-21-7-12-24(13-8-21)39-26(35)22-10-14-23(15-11-22)37-20-6-17-27(29,30)28(31,32)33/h7-16H,2-6,17-20H2,1H3/b16-9+. The Morgan fingerprint density at radius 1 is 0.769 bits per heavy atom. The topological polar surface area (TPSA) is 71.1 Å². The lowest BCUT2D eigenvalue weighted by atomic mass is 10.2. The molecule has 0 spiro atoms. The van der Waals surface area contributed by atoms with Crippen molar-refractivity contribution < 1.29 is 50.5 Å². The molecule has 0 heterocycles. The van der Waals surface area contributed by atoms with E-state index in [1.54, 1.807) is 37.5 Å². The summed E-state index contributed by atoms with van der Waals surface area (Å²) in [6.07, 6.45) is -0.850. The summed E-state index contributed by atoms with van der Waals surface area (Å²) in [5, 5.41) is 0. The van der Waals surface area contributed by atoms with Crippen LogP contribution < -0.4 is 9.47 Å². The molecule has 2 rings (SSSR count). The van der Waals surface area contributed by atoms with Crippen LogP contribution in [-0.4, -0.2) is 51.0 Å². The molecule has 2 aromatic carbocycles. The summed E-state index contributed by atoms with van der Waals surface area (Å²) in [6, 6.07) is 11.9. The Bertz CT molecular complexity index is 1050. The molecule has 0 fully saturated rings.